The largest absolute Gasteiger partial charge is 0.453 e. The second kappa shape index (κ2) is 11.5. The number of hydrogen-bond acceptors (Lipinski definition) is 7. The fraction of sp³-hybridized carbons (Fsp3) is 0.400. The van der Waals surface area contributed by atoms with Gasteiger partial charge in [-0.1, -0.05) is 6.92 Å². The molecule has 1 amide bonds. The van der Waals surface area contributed by atoms with Gasteiger partial charge in [-0.3, -0.25) is 10.2 Å². The van der Waals surface area contributed by atoms with Gasteiger partial charge in [-0.05, 0) is 23.8 Å². The van der Waals surface area contributed by atoms with Crippen molar-refractivity contribution < 1.29 is 41.0 Å². The van der Waals surface area contributed by atoms with Gasteiger partial charge in [0.2, 0.25) is 12.7 Å². The molecule has 0 saturated heterocycles. The van der Waals surface area contributed by atoms with Crippen molar-refractivity contribution in [2.24, 2.45) is 5.73 Å². The topological polar surface area (TPSA) is 132 Å². The van der Waals surface area contributed by atoms with Crippen molar-refractivity contribution >= 4 is 17.6 Å². The molecule has 1 heterocycles. The van der Waals surface area contributed by atoms with Crippen LogP contribution in [0.2, 0.25) is 0 Å². The first-order valence-corrected chi connectivity index (χ1v) is 9.63. The Kier molecular flexibility index (Phi) is 9.06. The van der Waals surface area contributed by atoms with Crippen LogP contribution in [0.25, 0.3) is 0 Å². The normalized spacial score (nSPS) is 14.1. The van der Waals surface area contributed by atoms with Crippen molar-refractivity contribution in [1.29, 1.82) is 5.41 Å². The Balaban J connectivity index is 2.26. The monoisotopic (exact) mass is 491 g/mol. The highest BCUT2D eigenvalue weighted by Gasteiger charge is 2.49. The van der Waals surface area contributed by atoms with E-state index >= 15 is 4.39 Å². The number of rotatable bonds is 11. The molecule has 186 valence electrons. The van der Waals surface area contributed by atoms with Crippen LogP contribution < -0.4 is 15.8 Å². The van der Waals surface area contributed by atoms with Crippen LogP contribution in [0.15, 0.2) is 30.6 Å². The maximum atomic E-state index is 15.1. The maximum absolute atomic E-state index is 15.1. The van der Waals surface area contributed by atoms with Crippen molar-refractivity contribution in [1.82, 2.24) is 9.97 Å². The van der Waals surface area contributed by atoms with Gasteiger partial charge in [0.1, 0.15) is 24.3 Å². The number of nitrogens with two attached hydrogens (primary N) is 1. The minimum atomic E-state index is -3.90. The predicted molar refractivity (Wildman–Crippen MR) is 110 cm³/mol. The van der Waals surface area contributed by atoms with E-state index in [0.717, 1.165) is 44.6 Å². The van der Waals surface area contributed by atoms with E-state index in [1.165, 1.54) is 0 Å². The first-order valence-electron chi connectivity index (χ1n) is 9.63. The molecule has 0 saturated carbocycles. The van der Waals surface area contributed by atoms with E-state index in [-0.39, 0.29) is 22.8 Å². The van der Waals surface area contributed by atoms with Crippen LogP contribution in [-0.2, 0) is 9.47 Å². The fourth-order valence-corrected chi connectivity index (χ4v) is 2.96. The van der Waals surface area contributed by atoms with Gasteiger partial charge in [0.25, 0.3) is 11.9 Å². The number of methoxy groups -OCH3 is 1. The number of benzene rings is 1. The third kappa shape index (κ3) is 6.73. The summed E-state index contributed by atoms with van der Waals surface area (Å²) in [5.74, 6) is -7.28. The van der Waals surface area contributed by atoms with Crippen molar-refractivity contribution in [3.63, 3.8) is 0 Å². The quantitative estimate of drug-likeness (QED) is 0.250. The molecule has 1 aromatic heterocycles. The van der Waals surface area contributed by atoms with Crippen LogP contribution in [0.1, 0.15) is 28.9 Å². The number of carbonyl (C=O) groups excluding carboxylic acids is 1. The van der Waals surface area contributed by atoms with Crippen molar-refractivity contribution in [3.05, 3.63) is 47.7 Å². The summed E-state index contributed by atoms with van der Waals surface area (Å²) in [6.07, 6.45) is -3.05. The van der Waals surface area contributed by atoms with Crippen molar-refractivity contribution in [2.75, 3.05) is 25.9 Å². The standard InChI is InChI=1S/C20H22F5N5O4/c1-10(16(23)17(34-19(26)27)20(24,25)8-32-2)12-5-11(3-4-13(12)22)30-18(31)14-6-29-15(7-28-14)33-9-21/h3-7,10,16-17H,8-9H2,1-2H3,(H3,26,27)(H,30,31)/t10-,16+,17-/m0/s1. The highest BCUT2D eigenvalue weighted by molar-refractivity contribution is 6.02. The van der Waals surface area contributed by atoms with E-state index in [2.05, 4.69) is 29.5 Å². The first kappa shape index (κ1) is 26.7. The molecule has 2 rings (SSSR count). The van der Waals surface area contributed by atoms with Gasteiger partial charge >= 0.3 is 5.92 Å². The van der Waals surface area contributed by atoms with Gasteiger partial charge in [0.15, 0.2) is 6.10 Å². The number of ether oxygens (including phenoxy) is 3. The second-order valence-electron chi connectivity index (χ2n) is 7.01. The summed E-state index contributed by atoms with van der Waals surface area (Å²) < 4.78 is 83.8. The molecular formula is C20H22F5N5O4. The van der Waals surface area contributed by atoms with E-state index in [0.29, 0.717) is 0 Å². The number of carbonyl (C=O) groups is 1. The number of alkyl halides is 4. The number of amides is 1. The minimum absolute atomic E-state index is 0.000905. The SMILES string of the molecule is COCC(F)(F)[C@@H](OC(=N)N)[C@H](F)[C@@H](C)c1cc(NC(=O)c2cnc(OCF)cn2)ccc1F. The second-order valence-corrected chi connectivity index (χ2v) is 7.01. The Morgan fingerprint density at radius 2 is 2.00 bits per heavy atom. The number of aromatic nitrogens is 2. The Bertz CT molecular complexity index is 996. The van der Waals surface area contributed by atoms with Gasteiger partial charge in [0.05, 0.1) is 12.4 Å². The van der Waals surface area contributed by atoms with Crippen LogP contribution in [-0.4, -0.2) is 60.7 Å². The summed E-state index contributed by atoms with van der Waals surface area (Å²) in [7, 11) is 0.965. The average Bonchev–Trinajstić information content (AvgIpc) is 2.78. The number of anilines is 1. The third-order valence-electron chi connectivity index (χ3n) is 4.58. The Labute approximate surface area is 190 Å². The molecular weight excluding hydrogens is 469 g/mol. The van der Waals surface area contributed by atoms with Gasteiger partial charge < -0.3 is 25.3 Å². The molecule has 0 fully saturated rings. The molecule has 0 unspecified atom stereocenters. The smallest absolute Gasteiger partial charge is 0.309 e. The molecule has 9 nitrogen and oxygen atoms in total. The predicted octanol–water partition coefficient (Wildman–Crippen LogP) is 3.18. The lowest BCUT2D eigenvalue weighted by molar-refractivity contribution is -0.162. The zero-order chi connectivity index (χ0) is 25.5. The van der Waals surface area contributed by atoms with E-state index in [4.69, 9.17) is 11.1 Å². The Morgan fingerprint density at radius 3 is 2.56 bits per heavy atom. The lowest BCUT2D eigenvalue weighted by atomic mass is 9.90. The molecule has 0 spiro atoms. The molecule has 0 radical (unpaired) electrons. The summed E-state index contributed by atoms with van der Waals surface area (Å²) in [5.41, 5.74) is 4.47. The molecule has 2 aromatic rings. The highest BCUT2D eigenvalue weighted by atomic mass is 19.3. The van der Waals surface area contributed by atoms with Gasteiger partial charge in [0, 0.05) is 18.7 Å². The van der Waals surface area contributed by atoms with Crippen molar-refractivity contribution in [2.45, 2.75) is 31.0 Å². The van der Waals surface area contributed by atoms with Crippen LogP contribution in [0.4, 0.5) is 27.6 Å². The molecule has 34 heavy (non-hydrogen) atoms. The van der Waals surface area contributed by atoms with Gasteiger partial charge in [-0.15, -0.1) is 0 Å². The first-order chi connectivity index (χ1) is 16.0. The number of nitrogens with one attached hydrogen (secondary N) is 2. The molecule has 14 heteroatoms. The minimum Gasteiger partial charge on any atom is -0.453 e. The van der Waals surface area contributed by atoms with Crippen LogP contribution in [0, 0.1) is 11.2 Å². The molecule has 0 bridgehead atoms. The summed E-state index contributed by atoms with van der Waals surface area (Å²) in [6.45, 7) is -1.24. The van der Waals surface area contributed by atoms with E-state index < -0.39 is 55.3 Å². The van der Waals surface area contributed by atoms with E-state index in [9.17, 15) is 22.4 Å². The maximum Gasteiger partial charge on any atom is 0.309 e. The summed E-state index contributed by atoms with van der Waals surface area (Å²) >= 11 is 0. The summed E-state index contributed by atoms with van der Waals surface area (Å²) in [5, 5.41) is 9.49. The molecule has 1 aromatic carbocycles. The van der Waals surface area contributed by atoms with E-state index in [1.54, 1.807) is 0 Å². The highest BCUT2D eigenvalue weighted by Crippen LogP contribution is 2.35. The Hall–Kier alpha value is -3.55. The lowest BCUT2D eigenvalue weighted by Gasteiger charge is -2.31. The van der Waals surface area contributed by atoms with Crippen LogP contribution in [0.3, 0.4) is 0 Å². The molecule has 0 aliphatic heterocycles. The lowest BCUT2D eigenvalue weighted by Crippen LogP contribution is -2.49. The fourth-order valence-electron chi connectivity index (χ4n) is 2.96. The van der Waals surface area contributed by atoms with Gasteiger partial charge in [-0.25, -0.2) is 23.1 Å². The van der Waals surface area contributed by atoms with E-state index in [1.807, 2.05) is 0 Å². The molecule has 0 aliphatic carbocycles. The molecule has 4 N–H and O–H groups in total. The van der Waals surface area contributed by atoms with Crippen LogP contribution >= 0.6 is 0 Å². The van der Waals surface area contributed by atoms with Gasteiger partial charge in [-0.2, -0.15) is 8.78 Å². The number of nitrogens with zero attached hydrogens (tertiary/aromatic N) is 2. The number of halogens is 5. The average molecular weight is 491 g/mol. The molecule has 3 atom stereocenters. The Morgan fingerprint density at radius 1 is 1.29 bits per heavy atom. The zero-order valence-electron chi connectivity index (χ0n) is 18.0. The van der Waals surface area contributed by atoms with Crippen molar-refractivity contribution in [3.8, 4) is 5.88 Å². The zero-order valence-corrected chi connectivity index (χ0v) is 18.0. The number of hydrogen-bond donors (Lipinski definition) is 3. The summed E-state index contributed by atoms with van der Waals surface area (Å²) in [6, 6.07) is 1.97. The summed E-state index contributed by atoms with van der Waals surface area (Å²) in [4.78, 5) is 19.8. The third-order valence-corrected chi connectivity index (χ3v) is 4.58. The number of amidine groups is 1. The van der Waals surface area contributed by atoms with Crippen LogP contribution in [0.5, 0.6) is 5.88 Å². The molecule has 0 aliphatic rings.